The molecule has 7 nitrogen and oxygen atoms in total. The third kappa shape index (κ3) is 46.7. The average molecular weight is 569 g/mol. The van der Waals surface area contributed by atoms with E-state index >= 15 is 0 Å². The lowest BCUT2D eigenvalue weighted by Gasteiger charge is -2.03. The molecule has 0 spiro atoms. The van der Waals surface area contributed by atoms with Crippen molar-refractivity contribution in [1.82, 2.24) is 0 Å². The first-order valence-corrected chi connectivity index (χ1v) is 15.4. The minimum atomic E-state index is -0.440. The molecule has 0 saturated carbocycles. The highest BCUT2D eigenvalue weighted by atomic mass is 27.1. The molecule has 0 aromatic rings. The van der Waals surface area contributed by atoms with Gasteiger partial charge in [-0.25, -0.2) is 0 Å². The van der Waals surface area contributed by atoms with Crippen molar-refractivity contribution in [3.05, 3.63) is 12.2 Å². The molecule has 0 fully saturated rings. The van der Waals surface area contributed by atoms with Crippen LogP contribution in [0.25, 0.3) is 0 Å². The minimum Gasteiger partial charge on any atom is -0.514 e. The Labute approximate surface area is 247 Å². The van der Waals surface area contributed by atoms with E-state index < -0.39 is 5.97 Å². The van der Waals surface area contributed by atoms with E-state index in [1.54, 1.807) is 6.92 Å². The van der Waals surface area contributed by atoms with Gasteiger partial charge in [0.05, 0.1) is 13.2 Å². The highest BCUT2D eigenvalue weighted by Crippen LogP contribution is 2.10. The Balaban J connectivity index is -0.000000755. The molecule has 0 rings (SSSR count). The zero-order valence-electron chi connectivity index (χ0n) is 25.9. The molecule has 0 atom stereocenters. The predicted octanol–water partition coefficient (Wildman–Crippen LogP) is 7.57. The number of carbonyl (C=O) groups is 4. The first-order chi connectivity index (χ1) is 18.6. The first kappa shape index (κ1) is 42.0. The Kier molecular flexibility index (Phi) is 37.2. The van der Waals surface area contributed by atoms with Crippen LogP contribution in [0.1, 0.15) is 144 Å². The molecule has 39 heavy (non-hydrogen) atoms. The topological polar surface area (TPSA) is 96.0 Å². The quantitative estimate of drug-likeness (QED) is 0.0437. The molecule has 2 radical (unpaired) electrons. The fourth-order valence-corrected chi connectivity index (χ4v) is 3.21. The van der Waals surface area contributed by atoms with Gasteiger partial charge in [-0.15, -0.1) is 0 Å². The molecule has 226 valence electrons. The standard InChI is InChI=1S/C22H40O3.C6H10O3.C3H7O.Al/c1-3-4-5-6-7-8-9-10-11-12-13-14-15-16-17-18-19-25-22(24)20-21(2)23;1-3-9-6(8)4-5(2)7;1-3(2)4;/h10-11H,3-9,12-20H2,1-2H3;3-4H2,1-2H3;3H,1-2H3;/q;;-1;+1. The molecule has 0 heterocycles. The highest BCUT2D eigenvalue weighted by Gasteiger charge is 2.05. The number of unbranched alkanes of at least 4 members (excludes halogenated alkanes) is 12. The normalized spacial score (nSPS) is 10.3. The molecule has 0 N–H and O–H groups in total. The third-order valence-corrected chi connectivity index (χ3v) is 5.83. The Hall–Kier alpha value is -1.49. The zero-order chi connectivity index (χ0) is 30.2. The molecule has 0 saturated heterocycles. The van der Waals surface area contributed by atoms with Gasteiger partial charge in [-0.1, -0.05) is 76.9 Å². The van der Waals surface area contributed by atoms with Crippen LogP contribution in [0.4, 0.5) is 0 Å². The monoisotopic (exact) mass is 568 g/mol. The van der Waals surface area contributed by atoms with Gasteiger partial charge in [-0.05, 0) is 66.7 Å². The SMILES string of the molecule is CC(C)[O][Al].CCCCCCCCC=CCCCCCCCCOC(=O)CC(C)=O.CCOC(=O)CC(C)=O. The number of allylic oxidation sites excluding steroid dienone is 2. The smallest absolute Gasteiger partial charge is 0.369 e. The maximum Gasteiger partial charge on any atom is 0.369 e. The lowest BCUT2D eigenvalue weighted by molar-refractivity contribution is -0.147. The zero-order valence-corrected chi connectivity index (χ0v) is 27.0. The largest absolute Gasteiger partial charge is 0.514 e. The Morgan fingerprint density at radius 3 is 1.41 bits per heavy atom. The Morgan fingerprint density at radius 1 is 0.641 bits per heavy atom. The molecule has 0 aromatic carbocycles. The van der Waals surface area contributed by atoms with Gasteiger partial charge in [0.2, 0.25) is 0 Å². The molecular weight excluding hydrogens is 511 g/mol. The summed E-state index contributed by atoms with van der Waals surface area (Å²) < 4.78 is 14.2. The van der Waals surface area contributed by atoms with E-state index in [0.29, 0.717) is 19.3 Å². The second-order valence-corrected chi connectivity index (χ2v) is 10.2. The summed E-state index contributed by atoms with van der Waals surface area (Å²) in [6.07, 6.45) is 22.6. The van der Waals surface area contributed by atoms with E-state index in [4.69, 9.17) is 4.74 Å². The summed E-state index contributed by atoms with van der Waals surface area (Å²) >= 11 is 2.19. The molecule has 0 unspecified atom stereocenters. The number of esters is 2. The van der Waals surface area contributed by atoms with Crippen molar-refractivity contribution < 1.29 is 32.4 Å². The van der Waals surface area contributed by atoms with Crippen LogP contribution in [0.2, 0.25) is 0 Å². The number of carbonyl (C=O) groups excluding carboxylic acids is 4. The van der Waals surface area contributed by atoms with Crippen molar-refractivity contribution >= 4 is 40.1 Å². The van der Waals surface area contributed by atoms with Gasteiger partial charge in [0.15, 0.2) is 0 Å². The number of ketones is 2. The van der Waals surface area contributed by atoms with Gasteiger partial charge in [0.1, 0.15) is 24.4 Å². The fraction of sp³-hybridized carbons (Fsp3) is 0.806. The van der Waals surface area contributed by atoms with Crippen molar-refractivity contribution in [1.29, 1.82) is 0 Å². The van der Waals surface area contributed by atoms with Crippen molar-refractivity contribution in [3.8, 4) is 0 Å². The number of Topliss-reactive ketones (excluding diaryl/α,β-unsaturated/α-hetero) is 2. The van der Waals surface area contributed by atoms with Crippen LogP contribution in [0.15, 0.2) is 12.2 Å². The maximum absolute atomic E-state index is 11.2. The number of rotatable bonds is 22. The Morgan fingerprint density at radius 2 is 1.03 bits per heavy atom. The van der Waals surface area contributed by atoms with Crippen molar-refractivity contribution in [3.63, 3.8) is 0 Å². The van der Waals surface area contributed by atoms with Crippen molar-refractivity contribution in [2.75, 3.05) is 13.2 Å². The molecule has 0 aliphatic rings. The summed E-state index contributed by atoms with van der Waals surface area (Å²) in [6, 6.07) is 0. The molecule has 0 aromatic heterocycles. The average Bonchev–Trinajstić information content (AvgIpc) is 2.86. The van der Waals surface area contributed by atoms with Crippen LogP contribution in [0, 0.1) is 0 Å². The van der Waals surface area contributed by atoms with E-state index in [2.05, 4.69) is 44.2 Å². The molecule has 0 aliphatic carbocycles. The lowest BCUT2D eigenvalue weighted by Crippen LogP contribution is -2.09. The van der Waals surface area contributed by atoms with Crippen LogP contribution in [-0.2, 0) is 32.4 Å². The summed E-state index contributed by atoms with van der Waals surface area (Å²) in [5.41, 5.74) is 0. The molecule has 0 bridgehead atoms. The van der Waals surface area contributed by atoms with E-state index in [0.717, 1.165) is 12.8 Å². The van der Waals surface area contributed by atoms with Gasteiger partial charge in [-0.2, -0.15) is 0 Å². The number of hydrogen-bond donors (Lipinski definition) is 0. The highest BCUT2D eigenvalue weighted by molar-refractivity contribution is 5.98. The molecule has 8 heteroatoms. The molecule has 0 aliphatic heterocycles. The van der Waals surface area contributed by atoms with Crippen LogP contribution < -0.4 is 0 Å². The van der Waals surface area contributed by atoms with Crippen LogP contribution >= 0.6 is 0 Å². The fourth-order valence-electron chi connectivity index (χ4n) is 3.21. The van der Waals surface area contributed by atoms with Crippen LogP contribution in [0.5, 0.6) is 0 Å². The summed E-state index contributed by atoms with van der Waals surface area (Å²) in [5, 5.41) is 0. The second-order valence-electron chi connectivity index (χ2n) is 9.91. The second kappa shape index (κ2) is 34.5. The summed E-state index contributed by atoms with van der Waals surface area (Å²) in [5.74, 6) is -1.12. The van der Waals surface area contributed by atoms with Crippen LogP contribution in [-0.4, -0.2) is 59.4 Å². The van der Waals surface area contributed by atoms with E-state index in [1.165, 1.54) is 90.9 Å². The Bertz CT molecular complexity index is 618. The van der Waals surface area contributed by atoms with E-state index in [9.17, 15) is 19.2 Å². The summed E-state index contributed by atoms with van der Waals surface area (Å²) in [4.78, 5) is 42.5. The minimum absolute atomic E-state index is 0.0909. The first-order valence-electron chi connectivity index (χ1n) is 14.9. The third-order valence-electron chi connectivity index (χ3n) is 5.28. The van der Waals surface area contributed by atoms with Crippen molar-refractivity contribution in [2.24, 2.45) is 0 Å². The summed E-state index contributed by atoms with van der Waals surface area (Å²) in [7, 11) is 0. The van der Waals surface area contributed by atoms with Crippen LogP contribution in [0.3, 0.4) is 0 Å². The van der Waals surface area contributed by atoms with E-state index in [1.807, 2.05) is 13.8 Å². The van der Waals surface area contributed by atoms with Gasteiger partial charge < -0.3 is 13.3 Å². The van der Waals surface area contributed by atoms with Gasteiger partial charge in [0.25, 0.3) is 0 Å². The summed E-state index contributed by atoms with van der Waals surface area (Å²) in [6.45, 7) is 11.5. The van der Waals surface area contributed by atoms with Crippen molar-refractivity contribution in [2.45, 2.75) is 150 Å². The molecular formula is C31H57AlO7. The van der Waals surface area contributed by atoms with Gasteiger partial charge >= 0.3 is 28.6 Å². The maximum atomic E-state index is 11.2. The number of ether oxygens (including phenoxy) is 2. The van der Waals surface area contributed by atoms with E-state index in [-0.39, 0.29) is 30.4 Å². The molecule has 0 amide bonds. The van der Waals surface area contributed by atoms with Gasteiger partial charge in [0, 0.05) is 6.10 Å². The van der Waals surface area contributed by atoms with Gasteiger partial charge in [-0.3, -0.25) is 19.2 Å². The predicted molar refractivity (Wildman–Crippen MR) is 160 cm³/mol. The lowest BCUT2D eigenvalue weighted by atomic mass is 10.1. The number of hydrogen-bond acceptors (Lipinski definition) is 7.